The standard InChI is InChI=1S/C14H12O2.C10H8O3.C4H10O.Pd/c1-11(15)16-14-9-7-13(8-10-14)12-5-3-2-4-6-12;1-7(11)12-10-6-8-4-2-3-5-9(8)13-10;1-3-5-4-2;/h2-10H,1H3;2-6H,1H3;3-4H2,1-2H3;. The molecule has 6 nitrogen and oxygen atoms in total. The Hall–Kier alpha value is -3.24. The fourth-order valence-electron chi connectivity index (χ4n) is 2.87. The normalized spacial score (nSPS) is 9.49. The maximum Gasteiger partial charge on any atom is 0.310 e. The number of esters is 2. The Labute approximate surface area is 219 Å². The van der Waals surface area contributed by atoms with Gasteiger partial charge in [0.1, 0.15) is 11.3 Å². The third kappa shape index (κ3) is 11.2. The monoisotopic (exact) mass is 568 g/mol. The Morgan fingerprint density at radius 3 is 1.77 bits per heavy atom. The molecule has 7 heteroatoms. The van der Waals surface area contributed by atoms with Gasteiger partial charge < -0.3 is 18.6 Å². The van der Waals surface area contributed by atoms with Crippen molar-refractivity contribution >= 4 is 22.9 Å². The quantitative estimate of drug-likeness (QED) is 0.152. The molecule has 3 aromatic carbocycles. The second kappa shape index (κ2) is 16.4. The summed E-state index contributed by atoms with van der Waals surface area (Å²) >= 11 is 0. The minimum Gasteiger partial charge on any atom is -0.427 e. The van der Waals surface area contributed by atoms with Gasteiger partial charge in [-0.2, -0.15) is 0 Å². The van der Waals surface area contributed by atoms with Crippen LogP contribution in [-0.2, 0) is 34.7 Å². The summed E-state index contributed by atoms with van der Waals surface area (Å²) in [5.41, 5.74) is 2.98. The number of benzene rings is 3. The van der Waals surface area contributed by atoms with E-state index in [9.17, 15) is 9.59 Å². The van der Waals surface area contributed by atoms with Gasteiger partial charge in [-0.05, 0) is 43.2 Å². The molecule has 0 amide bonds. The largest absolute Gasteiger partial charge is 0.427 e. The van der Waals surface area contributed by atoms with Crippen LogP contribution >= 0.6 is 0 Å². The average molecular weight is 569 g/mol. The average Bonchev–Trinajstić information content (AvgIpc) is 3.23. The summed E-state index contributed by atoms with van der Waals surface area (Å²) in [5, 5.41) is 0.929. The zero-order chi connectivity index (χ0) is 24.8. The van der Waals surface area contributed by atoms with Crippen molar-refractivity contribution in [1.82, 2.24) is 0 Å². The van der Waals surface area contributed by atoms with Crippen molar-refractivity contribution in [3.05, 3.63) is 84.9 Å². The summed E-state index contributed by atoms with van der Waals surface area (Å²) in [4.78, 5) is 21.4. The van der Waals surface area contributed by atoms with E-state index >= 15 is 0 Å². The number of para-hydroxylation sites is 1. The van der Waals surface area contributed by atoms with Crippen LogP contribution in [0.1, 0.15) is 27.7 Å². The predicted octanol–water partition coefficient (Wildman–Crippen LogP) is 6.68. The maximum atomic E-state index is 10.7. The number of fused-ring (bicyclic) bond motifs is 1. The first kappa shape index (κ1) is 29.8. The molecule has 0 aliphatic heterocycles. The van der Waals surface area contributed by atoms with Crippen molar-refractivity contribution in [2.45, 2.75) is 27.7 Å². The molecule has 0 spiro atoms. The molecule has 0 N–H and O–H groups in total. The minimum atomic E-state index is -0.376. The smallest absolute Gasteiger partial charge is 0.310 e. The van der Waals surface area contributed by atoms with Crippen molar-refractivity contribution in [2.75, 3.05) is 13.2 Å². The summed E-state index contributed by atoms with van der Waals surface area (Å²) in [6.45, 7) is 8.40. The van der Waals surface area contributed by atoms with Crippen molar-refractivity contribution in [3.63, 3.8) is 0 Å². The molecule has 0 unspecified atom stereocenters. The molecule has 0 atom stereocenters. The van der Waals surface area contributed by atoms with E-state index in [1.165, 1.54) is 13.8 Å². The Kier molecular flexibility index (Phi) is 14.0. The second-order valence-electron chi connectivity index (χ2n) is 6.96. The number of furan rings is 1. The maximum absolute atomic E-state index is 10.7. The number of carbonyl (C=O) groups is 2. The van der Waals surface area contributed by atoms with Crippen molar-refractivity contribution in [2.24, 2.45) is 0 Å². The van der Waals surface area contributed by atoms with E-state index < -0.39 is 0 Å². The molecule has 0 aliphatic rings. The predicted molar refractivity (Wildman–Crippen MR) is 133 cm³/mol. The van der Waals surface area contributed by atoms with Crippen LogP contribution in [0.3, 0.4) is 0 Å². The van der Waals surface area contributed by atoms with Gasteiger partial charge in [0.25, 0.3) is 5.95 Å². The molecule has 188 valence electrons. The van der Waals surface area contributed by atoms with Gasteiger partial charge in [0.05, 0.1) is 0 Å². The Balaban J connectivity index is 0.000000291. The Morgan fingerprint density at radius 1 is 0.714 bits per heavy atom. The van der Waals surface area contributed by atoms with Gasteiger partial charge in [0, 0.05) is 58.9 Å². The Bertz CT molecular complexity index is 1120. The van der Waals surface area contributed by atoms with E-state index in [1.54, 1.807) is 18.2 Å². The van der Waals surface area contributed by atoms with Crippen LogP contribution in [0.25, 0.3) is 22.1 Å². The van der Waals surface area contributed by atoms with E-state index in [-0.39, 0.29) is 38.3 Å². The van der Waals surface area contributed by atoms with Crippen LogP contribution in [0.4, 0.5) is 0 Å². The summed E-state index contributed by atoms with van der Waals surface area (Å²) in [6, 6.07) is 26.7. The van der Waals surface area contributed by atoms with Crippen LogP contribution < -0.4 is 9.47 Å². The Morgan fingerprint density at radius 2 is 1.26 bits per heavy atom. The molecule has 0 bridgehead atoms. The summed E-state index contributed by atoms with van der Waals surface area (Å²) in [7, 11) is 0. The molecule has 0 radical (unpaired) electrons. The van der Waals surface area contributed by atoms with E-state index in [2.05, 4.69) is 0 Å². The molecule has 0 saturated carbocycles. The molecule has 0 aliphatic carbocycles. The second-order valence-corrected chi connectivity index (χ2v) is 6.96. The fraction of sp³-hybridized carbons (Fsp3) is 0.214. The summed E-state index contributed by atoms with van der Waals surface area (Å²) < 4.78 is 19.8. The zero-order valence-corrected chi connectivity index (χ0v) is 21.8. The van der Waals surface area contributed by atoms with Crippen LogP contribution in [0, 0.1) is 0 Å². The van der Waals surface area contributed by atoms with Crippen LogP contribution in [-0.4, -0.2) is 25.2 Å². The van der Waals surface area contributed by atoms with Crippen molar-refractivity contribution in [3.8, 4) is 22.8 Å². The van der Waals surface area contributed by atoms with E-state index in [0.29, 0.717) is 5.75 Å². The van der Waals surface area contributed by atoms with Gasteiger partial charge >= 0.3 is 11.9 Å². The summed E-state index contributed by atoms with van der Waals surface area (Å²) in [5.74, 6) is 0.146. The molecule has 1 aromatic heterocycles. The first-order chi connectivity index (χ1) is 16.4. The van der Waals surface area contributed by atoms with E-state index in [0.717, 1.165) is 35.3 Å². The van der Waals surface area contributed by atoms with Crippen molar-refractivity contribution in [1.29, 1.82) is 0 Å². The SMILES string of the molecule is CC(=O)Oc1cc2ccccc2o1.CC(=O)Oc1ccc(-c2ccccc2)cc1.CCOCC.[Pd]. The van der Waals surface area contributed by atoms with Crippen LogP contribution in [0.5, 0.6) is 11.7 Å². The third-order valence-corrected chi connectivity index (χ3v) is 4.28. The molecule has 1 heterocycles. The van der Waals surface area contributed by atoms with Gasteiger partial charge in [-0.1, -0.05) is 60.7 Å². The van der Waals surface area contributed by atoms with Gasteiger partial charge in [0.15, 0.2) is 0 Å². The van der Waals surface area contributed by atoms with Crippen molar-refractivity contribution < 1.29 is 48.6 Å². The van der Waals surface area contributed by atoms with E-state index in [4.69, 9.17) is 18.6 Å². The van der Waals surface area contributed by atoms with Crippen LogP contribution in [0.2, 0.25) is 0 Å². The van der Waals surface area contributed by atoms with Gasteiger partial charge in [-0.3, -0.25) is 9.59 Å². The molecule has 35 heavy (non-hydrogen) atoms. The number of rotatable bonds is 5. The zero-order valence-electron chi connectivity index (χ0n) is 20.3. The number of hydrogen-bond donors (Lipinski definition) is 0. The van der Waals surface area contributed by atoms with Gasteiger partial charge in [-0.25, -0.2) is 0 Å². The topological polar surface area (TPSA) is 75.0 Å². The van der Waals surface area contributed by atoms with Gasteiger partial charge in [-0.15, -0.1) is 0 Å². The van der Waals surface area contributed by atoms with Crippen LogP contribution in [0.15, 0.2) is 89.3 Å². The fourth-order valence-corrected chi connectivity index (χ4v) is 2.87. The molecule has 0 fully saturated rings. The molecule has 4 aromatic rings. The first-order valence-electron chi connectivity index (χ1n) is 11.0. The third-order valence-electron chi connectivity index (χ3n) is 4.28. The molecule has 0 saturated heterocycles. The molecule has 4 rings (SSSR count). The van der Waals surface area contributed by atoms with Gasteiger partial charge in [0.2, 0.25) is 0 Å². The molecular weight excluding hydrogens is 539 g/mol. The number of carbonyl (C=O) groups excluding carboxylic acids is 2. The summed E-state index contributed by atoms with van der Waals surface area (Å²) in [6.07, 6.45) is 0. The number of ether oxygens (including phenoxy) is 3. The molecular formula is C28H30O6Pd. The van der Waals surface area contributed by atoms with E-state index in [1.807, 2.05) is 80.6 Å². The first-order valence-corrected chi connectivity index (χ1v) is 11.0. The number of hydrogen-bond acceptors (Lipinski definition) is 6. The minimum absolute atomic E-state index is 0.